The summed E-state index contributed by atoms with van der Waals surface area (Å²) in [4.78, 5) is 43.4. The van der Waals surface area contributed by atoms with Crippen LogP contribution in [0.4, 0.5) is 18.9 Å². The van der Waals surface area contributed by atoms with Gasteiger partial charge in [-0.2, -0.15) is 0 Å². The van der Waals surface area contributed by atoms with E-state index in [1.54, 1.807) is 55.1 Å². The van der Waals surface area contributed by atoms with Gasteiger partial charge in [0.1, 0.15) is 11.9 Å². The molecule has 5 rings (SSSR count). The topological polar surface area (TPSA) is 113 Å². The minimum Gasteiger partial charge on any atom is -0.480 e. The van der Waals surface area contributed by atoms with Gasteiger partial charge >= 0.3 is 5.97 Å². The van der Waals surface area contributed by atoms with Gasteiger partial charge in [-0.3, -0.25) is 14.6 Å². The maximum absolute atomic E-state index is 15.2. The minimum absolute atomic E-state index is 0.0787. The van der Waals surface area contributed by atoms with Crippen molar-refractivity contribution in [3.05, 3.63) is 106 Å². The quantitative estimate of drug-likeness (QED) is 0.163. The largest absolute Gasteiger partial charge is 0.480 e. The lowest BCUT2D eigenvalue weighted by Gasteiger charge is -2.25. The van der Waals surface area contributed by atoms with E-state index in [1.807, 2.05) is 24.3 Å². The van der Waals surface area contributed by atoms with Crippen LogP contribution in [0.5, 0.6) is 0 Å². The Hall–Kier alpha value is -5.19. The number of pyridine rings is 2. The summed E-state index contributed by atoms with van der Waals surface area (Å²) in [5.41, 5.74) is 2.41. The molecule has 0 fully saturated rings. The van der Waals surface area contributed by atoms with Crippen LogP contribution in [0, 0.1) is 12.7 Å². The van der Waals surface area contributed by atoms with Gasteiger partial charge in [-0.15, -0.1) is 0 Å². The highest BCUT2D eigenvalue weighted by molar-refractivity contribution is 6.00. The zero-order chi connectivity index (χ0) is 33.3. The Morgan fingerprint density at radius 1 is 1.04 bits per heavy atom. The summed E-state index contributed by atoms with van der Waals surface area (Å²) in [6.07, 6.45) is 1.49. The van der Waals surface area contributed by atoms with E-state index in [0.717, 1.165) is 23.9 Å². The summed E-state index contributed by atoms with van der Waals surface area (Å²) in [6, 6.07) is 15.8. The molecule has 2 heterocycles. The van der Waals surface area contributed by atoms with Gasteiger partial charge in [0.05, 0.1) is 22.6 Å². The van der Waals surface area contributed by atoms with Crippen LogP contribution in [-0.4, -0.2) is 44.5 Å². The maximum atomic E-state index is 15.2. The van der Waals surface area contributed by atoms with Crippen LogP contribution in [0.2, 0.25) is 0 Å². The Bertz CT molecular complexity index is 2010. The first-order valence-corrected chi connectivity index (χ1v) is 14.7. The molecule has 0 saturated carbocycles. The Kier molecular flexibility index (Phi) is 8.87. The van der Waals surface area contributed by atoms with Crippen molar-refractivity contribution in [2.45, 2.75) is 51.6 Å². The summed E-state index contributed by atoms with van der Waals surface area (Å²) in [7, 11) is 1.69. The van der Waals surface area contributed by atoms with Crippen molar-refractivity contribution in [2.24, 2.45) is 7.05 Å². The van der Waals surface area contributed by atoms with Gasteiger partial charge in [0.25, 0.3) is 17.4 Å². The predicted molar refractivity (Wildman–Crippen MR) is 172 cm³/mol. The van der Waals surface area contributed by atoms with Crippen molar-refractivity contribution in [1.29, 1.82) is 0 Å². The van der Waals surface area contributed by atoms with Crippen LogP contribution < -0.4 is 16.2 Å². The van der Waals surface area contributed by atoms with Crippen molar-refractivity contribution in [3.8, 4) is 11.1 Å². The third-order valence-corrected chi connectivity index (χ3v) is 8.19. The number of alkyl halides is 2. The normalized spacial score (nSPS) is 13.0. The number of aromatic nitrogens is 2. The molecule has 0 unspecified atom stereocenters. The van der Waals surface area contributed by atoms with E-state index in [-0.39, 0.29) is 35.2 Å². The summed E-state index contributed by atoms with van der Waals surface area (Å²) < 4.78 is 44.5. The minimum atomic E-state index is -3.06. The third kappa shape index (κ3) is 6.30. The second kappa shape index (κ2) is 12.7. The van der Waals surface area contributed by atoms with Gasteiger partial charge < -0.3 is 20.3 Å². The number of aliphatic carboxylic acids is 1. The molecule has 3 aromatic carbocycles. The molecule has 0 saturated heterocycles. The highest BCUT2D eigenvalue weighted by Crippen LogP contribution is 2.31. The second-order valence-corrected chi connectivity index (χ2v) is 11.4. The molecule has 0 bridgehead atoms. The Morgan fingerprint density at radius 3 is 2.46 bits per heavy atom. The lowest BCUT2D eigenvalue weighted by atomic mass is 9.95. The molecular formula is C35H33F3N4O4. The van der Waals surface area contributed by atoms with Crippen LogP contribution in [0.3, 0.4) is 0 Å². The number of benzene rings is 3. The number of hydrogen-bond donors (Lipinski definition) is 3. The monoisotopic (exact) mass is 630 g/mol. The summed E-state index contributed by atoms with van der Waals surface area (Å²) in [6.45, 7) is 3.78. The molecule has 8 nitrogen and oxygen atoms in total. The van der Waals surface area contributed by atoms with E-state index in [1.165, 1.54) is 13.0 Å². The average molecular weight is 631 g/mol. The number of carbonyl (C=O) groups is 2. The van der Waals surface area contributed by atoms with Crippen LogP contribution >= 0.6 is 0 Å². The smallest absolute Gasteiger partial charge is 0.326 e. The van der Waals surface area contributed by atoms with Crippen molar-refractivity contribution in [2.75, 3.05) is 5.32 Å². The molecule has 0 spiro atoms. The molecule has 0 aliphatic carbocycles. The number of para-hydroxylation sites is 1. The highest BCUT2D eigenvalue weighted by atomic mass is 19.3. The number of rotatable bonds is 10. The Morgan fingerprint density at radius 2 is 1.78 bits per heavy atom. The lowest BCUT2D eigenvalue weighted by Crippen LogP contribution is -2.43. The standard InChI is InChI=1S/C35H33F3N4O4/c1-5-29(35(3,37)38)40-22-15-19(2)30(26(36)18-22)32(43)41-27(34(45)46)17-20-12-13-24(31-23(20)10-8-14-39-31)25-16-21-9-6-7-11-28(21)42(4)33(25)44/h6-16,18,27,29,40H,5,17H2,1-4H3,(H,41,43)(H,45,46)/t27-,29+/m0/s1. The Labute approximate surface area is 262 Å². The molecular weight excluding hydrogens is 597 g/mol. The highest BCUT2D eigenvalue weighted by Gasteiger charge is 2.33. The number of carboxylic acids is 1. The Balaban J connectivity index is 1.45. The fourth-order valence-electron chi connectivity index (χ4n) is 5.80. The van der Waals surface area contributed by atoms with Crippen molar-refractivity contribution in [1.82, 2.24) is 14.9 Å². The van der Waals surface area contributed by atoms with Gasteiger partial charge in [-0.25, -0.2) is 18.0 Å². The first kappa shape index (κ1) is 32.2. The zero-order valence-corrected chi connectivity index (χ0v) is 25.7. The molecule has 0 radical (unpaired) electrons. The fraction of sp³-hybridized carbons (Fsp3) is 0.257. The molecule has 2 atom stereocenters. The first-order chi connectivity index (χ1) is 21.8. The molecule has 3 N–H and O–H groups in total. The van der Waals surface area contributed by atoms with Crippen molar-refractivity contribution in [3.63, 3.8) is 0 Å². The number of hydrogen-bond acceptors (Lipinski definition) is 5. The van der Waals surface area contributed by atoms with E-state index in [0.29, 0.717) is 27.6 Å². The lowest BCUT2D eigenvalue weighted by molar-refractivity contribution is -0.139. The number of nitrogens with zero attached hydrogens (tertiary/aromatic N) is 2. The number of carboxylic acid groups (broad SMARTS) is 1. The SMILES string of the molecule is CC[C@@H](Nc1cc(C)c(C(=O)N[C@@H](Cc2ccc(-c3cc4ccccc4n(C)c3=O)c3ncccc23)C(=O)O)c(F)c1)C(C)(F)F. The van der Waals surface area contributed by atoms with Crippen LogP contribution in [0.25, 0.3) is 32.9 Å². The molecule has 11 heteroatoms. The van der Waals surface area contributed by atoms with Crippen LogP contribution in [-0.2, 0) is 18.3 Å². The number of anilines is 1. The van der Waals surface area contributed by atoms with Gasteiger partial charge in [-0.1, -0.05) is 43.3 Å². The summed E-state index contributed by atoms with van der Waals surface area (Å²) >= 11 is 0. The second-order valence-electron chi connectivity index (χ2n) is 11.4. The van der Waals surface area contributed by atoms with E-state index in [4.69, 9.17) is 0 Å². The van der Waals surface area contributed by atoms with Gasteiger partial charge in [0.2, 0.25) is 0 Å². The van der Waals surface area contributed by atoms with E-state index in [2.05, 4.69) is 15.6 Å². The van der Waals surface area contributed by atoms with Crippen LogP contribution in [0.1, 0.15) is 41.8 Å². The fourth-order valence-corrected chi connectivity index (χ4v) is 5.80. The van der Waals surface area contributed by atoms with Crippen LogP contribution in [0.15, 0.2) is 77.7 Å². The van der Waals surface area contributed by atoms with Crippen molar-refractivity contribution >= 4 is 39.4 Å². The van der Waals surface area contributed by atoms with Gasteiger partial charge in [0, 0.05) is 48.8 Å². The van der Waals surface area contributed by atoms with E-state index >= 15 is 4.39 Å². The molecule has 0 aliphatic heterocycles. The van der Waals surface area contributed by atoms with E-state index < -0.39 is 35.7 Å². The summed E-state index contributed by atoms with van der Waals surface area (Å²) in [5.74, 6) is -6.34. The molecule has 0 aliphatic rings. The summed E-state index contributed by atoms with van der Waals surface area (Å²) in [5, 5.41) is 16.5. The number of nitrogens with one attached hydrogen (secondary N) is 2. The number of aryl methyl sites for hydroxylation is 2. The van der Waals surface area contributed by atoms with E-state index in [9.17, 15) is 28.3 Å². The number of halogens is 3. The first-order valence-electron chi connectivity index (χ1n) is 14.7. The number of fused-ring (bicyclic) bond motifs is 2. The molecule has 238 valence electrons. The van der Waals surface area contributed by atoms with Crippen molar-refractivity contribution < 1.29 is 27.9 Å². The third-order valence-electron chi connectivity index (χ3n) is 8.19. The average Bonchev–Trinajstić information content (AvgIpc) is 3.00. The predicted octanol–water partition coefficient (Wildman–Crippen LogP) is 6.47. The van der Waals surface area contributed by atoms with Gasteiger partial charge in [0.15, 0.2) is 0 Å². The zero-order valence-electron chi connectivity index (χ0n) is 25.7. The maximum Gasteiger partial charge on any atom is 0.326 e. The number of carbonyl (C=O) groups excluding carboxylic acids is 1. The molecule has 1 amide bonds. The number of amides is 1. The van der Waals surface area contributed by atoms with Gasteiger partial charge in [-0.05, 0) is 60.2 Å². The molecule has 46 heavy (non-hydrogen) atoms. The molecule has 5 aromatic rings. The molecule has 2 aromatic heterocycles.